The molecule has 10 nitrogen and oxygen atoms in total. The predicted octanol–water partition coefficient (Wildman–Crippen LogP) is 2.75. The molecule has 1 unspecified atom stereocenters. The van der Waals surface area contributed by atoms with Gasteiger partial charge in [0.05, 0.1) is 12.2 Å². The lowest BCUT2D eigenvalue weighted by molar-refractivity contribution is -0.0528. The van der Waals surface area contributed by atoms with Crippen molar-refractivity contribution in [2.45, 2.75) is 32.4 Å². The zero-order valence-electron chi connectivity index (χ0n) is 15.5. The number of nitriles is 1. The molecule has 4 heterocycles. The molecule has 1 aliphatic rings. The number of anilines is 2. The SMILES string of the molecule is CC(C1CCOCC1)n1nc(C#N)c2ncc(Nc3cc(OC(F)F)n[nH]3)nc21. The van der Waals surface area contributed by atoms with Crippen LogP contribution in [-0.4, -0.2) is 49.8 Å². The molecule has 29 heavy (non-hydrogen) atoms. The van der Waals surface area contributed by atoms with E-state index in [9.17, 15) is 14.0 Å². The van der Waals surface area contributed by atoms with Crippen molar-refractivity contribution in [2.75, 3.05) is 18.5 Å². The van der Waals surface area contributed by atoms with Gasteiger partial charge < -0.3 is 14.8 Å². The molecule has 3 aromatic heterocycles. The molecule has 1 saturated heterocycles. The van der Waals surface area contributed by atoms with Crippen LogP contribution in [0.15, 0.2) is 12.3 Å². The maximum Gasteiger partial charge on any atom is 0.388 e. The van der Waals surface area contributed by atoms with E-state index in [0.29, 0.717) is 41.9 Å². The lowest BCUT2D eigenvalue weighted by Crippen LogP contribution is -2.25. The van der Waals surface area contributed by atoms with Crippen molar-refractivity contribution >= 4 is 22.8 Å². The van der Waals surface area contributed by atoms with Gasteiger partial charge in [0.1, 0.15) is 17.4 Å². The number of fused-ring (bicyclic) bond motifs is 1. The number of alkyl halides is 2. The van der Waals surface area contributed by atoms with Crippen molar-refractivity contribution < 1.29 is 18.3 Å². The molecule has 0 spiro atoms. The van der Waals surface area contributed by atoms with Gasteiger partial charge in [-0.3, -0.25) is 5.10 Å². The number of aromatic nitrogens is 6. The van der Waals surface area contributed by atoms with E-state index in [0.717, 1.165) is 12.8 Å². The van der Waals surface area contributed by atoms with Gasteiger partial charge in [-0.15, -0.1) is 5.10 Å². The van der Waals surface area contributed by atoms with Crippen LogP contribution in [0.25, 0.3) is 11.2 Å². The number of rotatable bonds is 6. The average molecular weight is 404 g/mol. The number of aromatic amines is 1. The highest BCUT2D eigenvalue weighted by Gasteiger charge is 2.26. The number of halogens is 2. The van der Waals surface area contributed by atoms with Gasteiger partial charge >= 0.3 is 6.61 Å². The molecule has 0 radical (unpaired) electrons. The molecule has 0 amide bonds. The number of hydrogen-bond acceptors (Lipinski definition) is 8. The fourth-order valence-electron chi connectivity index (χ4n) is 3.38. The van der Waals surface area contributed by atoms with Crippen LogP contribution < -0.4 is 10.1 Å². The Morgan fingerprint density at radius 3 is 2.93 bits per heavy atom. The predicted molar refractivity (Wildman–Crippen MR) is 96.8 cm³/mol. The van der Waals surface area contributed by atoms with Crippen molar-refractivity contribution in [3.63, 3.8) is 0 Å². The van der Waals surface area contributed by atoms with E-state index in [4.69, 9.17) is 4.74 Å². The summed E-state index contributed by atoms with van der Waals surface area (Å²) in [7, 11) is 0. The summed E-state index contributed by atoms with van der Waals surface area (Å²) in [5, 5.41) is 22.9. The Balaban J connectivity index is 1.63. The summed E-state index contributed by atoms with van der Waals surface area (Å²) >= 11 is 0. The van der Waals surface area contributed by atoms with Crippen LogP contribution in [-0.2, 0) is 4.74 Å². The Kier molecular flexibility index (Phi) is 5.22. The van der Waals surface area contributed by atoms with Gasteiger partial charge in [0.2, 0.25) is 5.88 Å². The van der Waals surface area contributed by atoms with Crippen LogP contribution in [0.2, 0.25) is 0 Å². The molecule has 12 heteroatoms. The van der Waals surface area contributed by atoms with Crippen LogP contribution in [0.4, 0.5) is 20.4 Å². The van der Waals surface area contributed by atoms with E-state index >= 15 is 0 Å². The first-order chi connectivity index (χ1) is 14.0. The molecule has 3 aromatic rings. The Labute approximate surface area is 163 Å². The zero-order valence-corrected chi connectivity index (χ0v) is 15.5. The van der Waals surface area contributed by atoms with Gasteiger partial charge in [-0.1, -0.05) is 0 Å². The van der Waals surface area contributed by atoms with Crippen molar-refractivity contribution in [1.29, 1.82) is 5.26 Å². The quantitative estimate of drug-likeness (QED) is 0.642. The summed E-state index contributed by atoms with van der Waals surface area (Å²) in [5.74, 6) is 0.743. The number of H-pyrrole nitrogens is 1. The Bertz CT molecular complexity index is 1040. The third-order valence-corrected chi connectivity index (χ3v) is 4.87. The van der Waals surface area contributed by atoms with Gasteiger partial charge in [-0.05, 0) is 25.7 Å². The van der Waals surface area contributed by atoms with E-state index in [-0.39, 0.29) is 17.6 Å². The summed E-state index contributed by atoms with van der Waals surface area (Å²) in [6.45, 7) is 0.461. The maximum atomic E-state index is 12.3. The normalized spacial score (nSPS) is 16.1. The minimum absolute atomic E-state index is 0.00579. The first kappa shape index (κ1) is 19.0. The Morgan fingerprint density at radius 1 is 1.41 bits per heavy atom. The minimum Gasteiger partial charge on any atom is -0.415 e. The molecule has 0 saturated carbocycles. The lowest BCUT2D eigenvalue weighted by Gasteiger charge is -2.28. The van der Waals surface area contributed by atoms with E-state index < -0.39 is 6.61 Å². The van der Waals surface area contributed by atoms with Crippen LogP contribution in [0.1, 0.15) is 31.5 Å². The first-order valence-electron chi connectivity index (χ1n) is 9.05. The van der Waals surface area contributed by atoms with Gasteiger partial charge in [-0.2, -0.15) is 19.1 Å². The summed E-state index contributed by atoms with van der Waals surface area (Å²) in [6, 6.07) is 3.34. The van der Waals surface area contributed by atoms with E-state index in [1.807, 2.05) is 6.92 Å². The number of nitrogens with zero attached hydrogens (tertiary/aromatic N) is 6. The molecular formula is C17H18F2N8O2. The van der Waals surface area contributed by atoms with Gasteiger partial charge in [-0.25, -0.2) is 14.6 Å². The molecule has 1 aliphatic heterocycles. The fourth-order valence-corrected chi connectivity index (χ4v) is 3.38. The van der Waals surface area contributed by atoms with E-state index in [1.165, 1.54) is 12.3 Å². The van der Waals surface area contributed by atoms with Crippen molar-refractivity contribution in [2.24, 2.45) is 5.92 Å². The summed E-state index contributed by atoms with van der Waals surface area (Å²) in [4.78, 5) is 8.84. The third-order valence-electron chi connectivity index (χ3n) is 4.87. The molecule has 4 rings (SSSR count). The molecule has 2 N–H and O–H groups in total. The monoisotopic (exact) mass is 404 g/mol. The van der Waals surface area contributed by atoms with Gasteiger partial charge in [0, 0.05) is 19.3 Å². The van der Waals surface area contributed by atoms with Crippen LogP contribution in [0.5, 0.6) is 5.88 Å². The van der Waals surface area contributed by atoms with Crippen LogP contribution in [0, 0.1) is 17.2 Å². The van der Waals surface area contributed by atoms with Gasteiger partial charge in [0.15, 0.2) is 17.2 Å². The van der Waals surface area contributed by atoms with Crippen LogP contribution >= 0.6 is 0 Å². The van der Waals surface area contributed by atoms with Gasteiger partial charge in [0.25, 0.3) is 0 Å². The summed E-state index contributed by atoms with van der Waals surface area (Å²) < 4.78 is 35.9. The second kappa shape index (κ2) is 7.96. The van der Waals surface area contributed by atoms with Crippen molar-refractivity contribution in [3.8, 4) is 11.9 Å². The average Bonchev–Trinajstić information content (AvgIpc) is 3.31. The van der Waals surface area contributed by atoms with E-state index in [1.54, 1.807) is 4.68 Å². The van der Waals surface area contributed by atoms with Crippen molar-refractivity contribution in [1.82, 2.24) is 29.9 Å². The minimum atomic E-state index is -2.97. The second-order valence-corrected chi connectivity index (χ2v) is 6.65. The fraction of sp³-hybridized carbons (Fsp3) is 0.471. The lowest BCUT2D eigenvalue weighted by atomic mass is 9.93. The molecule has 0 aromatic carbocycles. The summed E-state index contributed by atoms with van der Waals surface area (Å²) in [6.07, 6.45) is 3.23. The van der Waals surface area contributed by atoms with E-state index in [2.05, 4.69) is 41.4 Å². The topological polar surface area (TPSA) is 127 Å². The number of ether oxygens (including phenoxy) is 2. The highest BCUT2D eigenvalue weighted by molar-refractivity contribution is 5.78. The zero-order chi connectivity index (χ0) is 20.4. The Hall–Kier alpha value is -3.33. The maximum absolute atomic E-state index is 12.3. The second-order valence-electron chi connectivity index (χ2n) is 6.65. The van der Waals surface area contributed by atoms with Crippen molar-refractivity contribution in [3.05, 3.63) is 18.0 Å². The molecular weight excluding hydrogens is 386 g/mol. The Morgan fingerprint density at radius 2 is 2.21 bits per heavy atom. The highest BCUT2D eigenvalue weighted by atomic mass is 19.3. The molecule has 152 valence electrons. The third kappa shape index (κ3) is 3.95. The number of hydrogen-bond donors (Lipinski definition) is 2. The molecule has 0 bridgehead atoms. The molecule has 1 fully saturated rings. The molecule has 1 atom stereocenters. The van der Waals surface area contributed by atoms with Crippen LogP contribution in [0.3, 0.4) is 0 Å². The largest absolute Gasteiger partial charge is 0.415 e. The smallest absolute Gasteiger partial charge is 0.388 e. The number of nitrogens with one attached hydrogen (secondary N) is 2. The standard InChI is InChI=1S/C17H18F2N8O2/c1-9(10-2-4-28-5-3-10)27-16-15(11(7-20)26-27)21-8-13(23-16)22-12-6-14(25-24-12)29-17(18)19/h6,8-10,17H,2-5H2,1H3,(H2,22,23,24,25). The summed E-state index contributed by atoms with van der Waals surface area (Å²) in [5.41, 5.74) is 1.07. The highest BCUT2D eigenvalue weighted by Crippen LogP contribution is 2.30. The molecule has 0 aliphatic carbocycles. The first-order valence-corrected chi connectivity index (χ1v) is 9.05.